The molecule has 0 aromatic heterocycles. The van der Waals surface area contributed by atoms with Gasteiger partial charge in [0.2, 0.25) is 0 Å². The zero-order valence-electron chi connectivity index (χ0n) is 16.6. The highest BCUT2D eigenvalue weighted by atomic mass is 79.9. The van der Waals surface area contributed by atoms with Crippen LogP contribution in [0.25, 0.3) is 0 Å². The first-order valence-corrected chi connectivity index (χ1v) is 9.71. The fourth-order valence-electron chi connectivity index (χ4n) is 2.53. The monoisotopic (exact) mass is 470 g/mol. The summed E-state index contributed by atoms with van der Waals surface area (Å²) < 4.78 is 44.3. The van der Waals surface area contributed by atoms with Gasteiger partial charge in [-0.25, -0.2) is 9.79 Å². The number of aliphatic imine (C=N–C) groups is 1. The molecule has 2 aromatic rings. The Labute approximate surface area is 176 Å². The maximum absolute atomic E-state index is 12.8. The Bertz CT molecular complexity index is 927. The van der Waals surface area contributed by atoms with Crippen molar-refractivity contribution in [1.82, 2.24) is 4.90 Å². The second-order valence-corrected chi connectivity index (χ2v) is 7.45. The summed E-state index contributed by atoms with van der Waals surface area (Å²) in [6, 6.07) is 6.35. The maximum atomic E-state index is 12.8. The summed E-state index contributed by atoms with van der Waals surface area (Å²) in [6.07, 6.45) is -2.74. The van der Waals surface area contributed by atoms with Gasteiger partial charge < -0.3 is 9.64 Å². The predicted molar refractivity (Wildman–Crippen MR) is 111 cm³/mol. The SMILES string of the molecule is CCN(C)C=Nc1c(Br)cc(C(=O)OCc2cccc(C(F)(F)F)c2)c(C)c1C. The Morgan fingerprint density at radius 3 is 2.55 bits per heavy atom. The fourth-order valence-corrected chi connectivity index (χ4v) is 3.16. The van der Waals surface area contributed by atoms with Crippen molar-refractivity contribution in [3.63, 3.8) is 0 Å². The van der Waals surface area contributed by atoms with Gasteiger partial charge in [0, 0.05) is 18.1 Å². The lowest BCUT2D eigenvalue weighted by molar-refractivity contribution is -0.137. The van der Waals surface area contributed by atoms with Crippen LogP contribution in [-0.2, 0) is 17.5 Å². The van der Waals surface area contributed by atoms with Crippen LogP contribution >= 0.6 is 15.9 Å². The van der Waals surface area contributed by atoms with Gasteiger partial charge in [-0.2, -0.15) is 13.2 Å². The second kappa shape index (κ2) is 9.43. The van der Waals surface area contributed by atoms with Crippen molar-refractivity contribution in [3.8, 4) is 0 Å². The van der Waals surface area contributed by atoms with Gasteiger partial charge in [0.15, 0.2) is 0 Å². The van der Waals surface area contributed by atoms with E-state index in [-0.39, 0.29) is 12.2 Å². The average molecular weight is 471 g/mol. The van der Waals surface area contributed by atoms with Crippen molar-refractivity contribution < 1.29 is 22.7 Å². The first-order chi connectivity index (χ1) is 13.5. The van der Waals surface area contributed by atoms with Crippen LogP contribution in [0.15, 0.2) is 39.8 Å². The third-order valence-electron chi connectivity index (χ3n) is 4.55. The van der Waals surface area contributed by atoms with Gasteiger partial charge in [-0.1, -0.05) is 12.1 Å². The second-order valence-electron chi connectivity index (χ2n) is 6.60. The van der Waals surface area contributed by atoms with Crippen LogP contribution in [0, 0.1) is 13.8 Å². The lowest BCUT2D eigenvalue weighted by Gasteiger charge is -2.14. The molecule has 0 N–H and O–H groups in total. The highest BCUT2D eigenvalue weighted by molar-refractivity contribution is 9.10. The van der Waals surface area contributed by atoms with Crippen molar-refractivity contribution in [2.24, 2.45) is 4.99 Å². The normalized spacial score (nSPS) is 11.7. The van der Waals surface area contributed by atoms with Crippen LogP contribution in [0.2, 0.25) is 0 Å². The Kier molecular flexibility index (Phi) is 7.46. The van der Waals surface area contributed by atoms with Gasteiger partial charge >= 0.3 is 12.1 Å². The number of hydrogen-bond donors (Lipinski definition) is 0. The van der Waals surface area contributed by atoms with Crippen LogP contribution in [0.1, 0.15) is 39.5 Å². The molecule has 0 saturated heterocycles. The van der Waals surface area contributed by atoms with E-state index in [0.29, 0.717) is 21.3 Å². The van der Waals surface area contributed by atoms with E-state index in [1.165, 1.54) is 12.1 Å². The number of nitrogens with zero attached hydrogens (tertiary/aromatic N) is 2. The zero-order valence-corrected chi connectivity index (χ0v) is 18.2. The smallest absolute Gasteiger partial charge is 0.416 e. The van der Waals surface area contributed by atoms with E-state index in [0.717, 1.165) is 24.2 Å². The Balaban J connectivity index is 2.21. The van der Waals surface area contributed by atoms with Crippen molar-refractivity contribution >= 4 is 33.9 Å². The van der Waals surface area contributed by atoms with E-state index < -0.39 is 17.7 Å². The molecule has 0 fully saturated rings. The first-order valence-electron chi connectivity index (χ1n) is 8.92. The highest BCUT2D eigenvalue weighted by Crippen LogP contribution is 2.34. The molecule has 4 nitrogen and oxygen atoms in total. The summed E-state index contributed by atoms with van der Waals surface area (Å²) in [5.74, 6) is -0.607. The summed E-state index contributed by atoms with van der Waals surface area (Å²) in [4.78, 5) is 18.9. The minimum Gasteiger partial charge on any atom is -0.457 e. The van der Waals surface area contributed by atoms with Crippen molar-refractivity contribution in [2.45, 2.75) is 33.6 Å². The molecule has 2 aromatic carbocycles. The van der Waals surface area contributed by atoms with E-state index >= 15 is 0 Å². The molecular weight excluding hydrogens is 449 g/mol. The topological polar surface area (TPSA) is 41.9 Å². The van der Waals surface area contributed by atoms with Crippen LogP contribution in [0.4, 0.5) is 18.9 Å². The number of halogens is 4. The summed E-state index contributed by atoms with van der Waals surface area (Å²) in [7, 11) is 1.90. The number of esters is 1. The molecule has 0 amide bonds. The number of carbonyl (C=O) groups is 1. The molecular formula is C21H22BrF3N2O2. The quantitative estimate of drug-likeness (QED) is 0.293. The zero-order chi connectivity index (χ0) is 21.8. The molecule has 29 heavy (non-hydrogen) atoms. The van der Waals surface area contributed by atoms with Crippen molar-refractivity contribution in [1.29, 1.82) is 0 Å². The molecule has 0 unspecified atom stereocenters. The molecule has 156 valence electrons. The van der Waals surface area contributed by atoms with Crippen molar-refractivity contribution in [3.05, 3.63) is 62.6 Å². The third kappa shape index (κ3) is 5.82. The van der Waals surface area contributed by atoms with Gasteiger partial charge in [0.05, 0.1) is 23.2 Å². The summed E-state index contributed by atoms with van der Waals surface area (Å²) >= 11 is 3.43. The maximum Gasteiger partial charge on any atom is 0.416 e. The molecule has 0 aliphatic rings. The minimum atomic E-state index is -4.44. The summed E-state index contributed by atoms with van der Waals surface area (Å²) in [5.41, 5.74) is 2.05. The van der Waals surface area contributed by atoms with Crippen molar-refractivity contribution in [2.75, 3.05) is 13.6 Å². The van der Waals surface area contributed by atoms with Crippen LogP contribution < -0.4 is 0 Å². The molecule has 2 rings (SSSR count). The van der Waals surface area contributed by atoms with Gasteiger partial charge in [-0.05, 0) is 71.6 Å². The molecule has 0 heterocycles. The highest BCUT2D eigenvalue weighted by Gasteiger charge is 2.30. The molecule has 0 aliphatic heterocycles. The Morgan fingerprint density at radius 1 is 1.24 bits per heavy atom. The predicted octanol–water partition coefficient (Wildman–Crippen LogP) is 6.05. The van der Waals surface area contributed by atoms with Gasteiger partial charge in [0.1, 0.15) is 6.61 Å². The largest absolute Gasteiger partial charge is 0.457 e. The molecule has 0 radical (unpaired) electrons. The molecule has 0 aliphatic carbocycles. The molecule has 0 spiro atoms. The number of benzene rings is 2. The van der Waals surface area contributed by atoms with E-state index in [2.05, 4.69) is 20.9 Å². The third-order valence-corrected chi connectivity index (χ3v) is 5.15. The Morgan fingerprint density at radius 2 is 1.93 bits per heavy atom. The first kappa shape index (κ1) is 22.9. The Hall–Kier alpha value is -2.35. The number of hydrogen-bond acceptors (Lipinski definition) is 3. The van der Waals surface area contributed by atoms with Gasteiger partial charge in [0.25, 0.3) is 0 Å². The van der Waals surface area contributed by atoms with Gasteiger partial charge in [-0.3, -0.25) is 0 Å². The lowest BCUT2D eigenvalue weighted by atomic mass is 10.0. The molecule has 0 bridgehead atoms. The van der Waals surface area contributed by atoms with Crippen LogP contribution in [0.5, 0.6) is 0 Å². The summed E-state index contributed by atoms with van der Waals surface area (Å²) in [5, 5.41) is 0. The number of rotatable bonds is 6. The average Bonchev–Trinajstić information content (AvgIpc) is 2.68. The number of alkyl halides is 3. The standard InChI is InChI=1S/C21H22BrF3N2O2/c1-5-27(4)12-26-19-14(3)13(2)17(10-18(19)22)20(28)29-11-15-7-6-8-16(9-15)21(23,24)25/h6-10,12H,5,11H2,1-4H3. The molecule has 0 saturated carbocycles. The van der Waals surface area contributed by atoms with E-state index in [1.807, 2.05) is 25.8 Å². The van der Waals surface area contributed by atoms with Crippen LogP contribution in [0.3, 0.4) is 0 Å². The lowest BCUT2D eigenvalue weighted by Crippen LogP contribution is -2.14. The minimum absolute atomic E-state index is 0.250. The van der Waals surface area contributed by atoms with E-state index in [1.54, 1.807) is 19.3 Å². The fraction of sp³-hybridized carbons (Fsp3) is 0.333. The van der Waals surface area contributed by atoms with Crippen LogP contribution in [-0.4, -0.2) is 30.8 Å². The number of carbonyl (C=O) groups excluding carboxylic acids is 1. The van der Waals surface area contributed by atoms with E-state index in [4.69, 9.17) is 4.74 Å². The summed E-state index contributed by atoms with van der Waals surface area (Å²) in [6.45, 7) is 6.19. The molecule has 8 heteroatoms. The van der Waals surface area contributed by atoms with E-state index in [9.17, 15) is 18.0 Å². The molecule has 0 atom stereocenters. The number of ether oxygens (including phenoxy) is 1. The van der Waals surface area contributed by atoms with Gasteiger partial charge in [-0.15, -0.1) is 0 Å².